The molecule has 0 N–H and O–H groups in total. The van der Waals surface area contributed by atoms with Crippen LogP contribution in [0.15, 0.2) is 12.4 Å². The number of hydrogen-bond acceptors (Lipinski definition) is 7. The molecule has 1 aliphatic rings. The summed E-state index contributed by atoms with van der Waals surface area (Å²) in [5, 5.41) is 0. The number of likely N-dealkylation sites (tertiary alicyclic amines) is 1. The minimum atomic E-state index is -1.20. The molecule has 1 aromatic heterocycles. The largest absolute Gasteiger partial charge is 0.477 e. The lowest BCUT2D eigenvalue weighted by Crippen LogP contribution is -2.53. The number of esters is 1. The molecule has 0 radical (unpaired) electrons. The minimum absolute atomic E-state index is 0.221. The predicted molar refractivity (Wildman–Crippen MR) is 84.7 cm³/mol. The summed E-state index contributed by atoms with van der Waals surface area (Å²) in [6.07, 6.45) is 4.39. The van der Waals surface area contributed by atoms with Crippen LogP contribution in [0.1, 0.15) is 33.6 Å². The van der Waals surface area contributed by atoms with Gasteiger partial charge in [-0.1, -0.05) is 0 Å². The molecule has 1 aliphatic heterocycles. The van der Waals surface area contributed by atoms with Crippen molar-refractivity contribution in [3.8, 4) is 11.8 Å². The van der Waals surface area contributed by atoms with Crippen LogP contribution in [0.5, 0.6) is 11.8 Å². The van der Waals surface area contributed by atoms with Crippen molar-refractivity contribution in [2.75, 3.05) is 20.2 Å². The van der Waals surface area contributed by atoms with Gasteiger partial charge >= 0.3 is 5.97 Å². The Bertz CT molecular complexity index is 605. The Hall–Kier alpha value is -2.38. The van der Waals surface area contributed by atoms with E-state index in [0.29, 0.717) is 24.8 Å². The van der Waals surface area contributed by atoms with Crippen molar-refractivity contribution < 1.29 is 23.8 Å². The number of nitrogens with zero attached hydrogens (tertiary/aromatic N) is 3. The van der Waals surface area contributed by atoms with E-state index in [0.717, 1.165) is 12.8 Å². The summed E-state index contributed by atoms with van der Waals surface area (Å²) in [6, 6.07) is 0. The van der Waals surface area contributed by atoms with Gasteiger partial charge in [-0.15, -0.1) is 0 Å². The molecule has 0 bridgehead atoms. The van der Waals surface area contributed by atoms with Gasteiger partial charge in [0.2, 0.25) is 0 Å². The lowest BCUT2D eigenvalue weighted by Gasteiger charge is -2.36. The highest BCUT2D eigenvalue weighted by Gasteiger charge is 2.37. The van der Waals surface area contributed by atoms with Crippen LogP contribution in [0.25, 0.3) is 0 Å². The van der Waals surface area contributed by atoms with Gasteiger partial charge in [-0.2, -0.15) is 0 Å². The Balaban J connectivity index is 2.03. The van der Waals surface area contributed by atoms with E-state index in [-0.39, 0.29) is 12.0 Å². The van der Waals surface area contributed by atoms with Crippen LogP contribution in [-0.2, 0) is 14.3 Å². The molecule has 1 amide bonds. The summed E-state index contributed by atoms with van der Waals surface area (Å²) in [6.45, 7) is 5.46. The smallest absolute Gasteiger partial charge is 0.303 e. The second kappa shape index (κ2) is 7.46. The van der Waals surface area contributed by atoms with Crippen molar-refractivity contribution in [2.24, 2.45) is 0 Å². The van der Waals surface area contributed by atoms with Crippen molar-refractivity contribution >= 4 is 11.9 Å². The molecule has 1 aromatic rings. The Morgan fingerprint density at radius 3 is 2.54 bits per heavy atom. The molecule has 2 heterocycles. The van der Waals surface area contributed by atoms with E-state index in [4.69, 9.17) is 14.2 Å². The Morgan fingerprint density at radius 2 is 1.92 bits per heavy atom. The molecule has 2 rings (SSSR count). The van der Waals surface area contributed by atoms with Gasteiger partial charge in [0, 0.05) is 25.9 Å². The first-order chi connectivity index (χ1) is 11.3. The van der Waals surface area contributed by atoms with E-state index in [1.165, 1.54) is 26.4 Å². The average molecular weight is 337 g/mol. The first kappa shape index (κ1) is 18.0. The number of hydrogen-bond donors (Lipinski definition) is 0. The van der Waals surface area contributed by atoms with Crippen molar-refractivity contribution in [1.82, 2.24) is 14.9 Å². The highest BCUT2D eigenvalue weighted by Crippen LogP contribution is 2.25. The number of amides is 1. The first-order valence-electron chi connectivity index (χ1n) is 7.84. The van der Waals surface area contributed by atoms with E-state index < -0.39 is 11.6 Å². The number of piperidine rings is 1. The standard InChI is InChI=1S/C16H23N3O5/c1-11(20)24-16(2,3)15(21)19-9-5-6-12(10-19)23-14-13(22-4)17-7-8-18-14/h7-8,12H,5-6,9-10H2,1-4H3. The van der Waals surface area contributed by atoms with Crippen molar-refractivity contribution in [1.29, 1.82) is 0 Å². The van der Waals surface area contributed by atoms with E-state index in [1.54, 1.807) is 18.7 Å². The molecule has 132 valence electrons. The normalized spacial score (nSPS) is 18.0. The molecule has 0 aliphatic carbocycles. The van der Waals surface area contributed by atoms with Gasteiger partial charge in [-0.3, -0.25) is 9.59 Å². The van der Waals surface area contributed by atoms with Crippen LogP contribution >= 0.6 is 0 Å². The zero-order valence-corrected chi connectivity index (χ0v) is 14.4. The molecule has 0 aromatic carbocycles. The van der Waals surface area contributed by atoms with Gasteiger partial charge in [0.05, 0.1) is 13.7 Å². The second-order valence-electron chi connectivity index (χ2n) is 6.11. The summed E-state index contributed by atoms with van der Waals surface area (Å²) in [5.41, 5.74) is -1.20. The van der Waals surface area contributed by atoms with Crippen LogP contribution < -0.4 is 9.47 Å². The Labute approximate surface area is 141 Å². The summed E-state index contributed by atoms with van der Waals surface area (Å²) in [4.78, 5) is 33.6. The quantitative estimate of drug-likeness (QED) is 0.746. The van der Waals surface area contributed by atoms with Crippen LogP contribution in [0, 0.1) is 0 Å². The maximum Gasteiger partial charge on any atom is 0.303 e. The van der Waals surface area contributed by atoms with E-state index >= 15 is 0 Å². The molecule has 0 saturated carbocycles. The van der Waals surface area contributed by atoms with Gasteiger partial charge in [0.15, 0.2) is 5.60 Å². The van der Waals surface area contributed by atoms with Crippen molar-refractivity contribution in [2.45, 2.75) is 45.3 Å². The number of methoxy groups -OCH3 is 1. The number of rotatable bonds is 5. The Morgan fingerprint density at radius 1 is 1.25 bits per heavy atom. The molecule has 8 heteroatoms. The number of aromatic nitrogens is 2. The maximum atomic E-state index is 12.6. The summed E-state index contributed by atoms with van der Waals surface area (Å²) < 4.78 is 16.1. The highest BCUT2D eigenvalue weighted by atomic mass is 16.6. The molecule has 1 unspecified atom stereocenters. The van der Waals surface area contributed by atoms with Crippen LogP contribution in [0.3, 0.4) is 0 Å². The third-order valence-electron chi connectivity index (χ3n) is 3.68. The molecular formula is C16H23N3O5. The van der Waals surface area contributed by atoms with E-state index in [9.17, 15) is 9.59 Å². The molecule has 24 heavy (non-hydrogen) atoms. The molecule has 1 fully saturated rings. The monoisotopic (exact) mass is 337 g/mol. The zero-order valence-electron chi connectivity index (χ0n) is 14.4. The first-order valence-corrected chi connectivity index (χ1v) is 7.84. The van der Waals surface area contributed by atoms with Gasteiger partial charge < -0.3 is 19.1 Å². The van der Waals surface area contributed by atoms with Crippen LogP contribution in [-0.4, -0.2) is 58.6 Å². The van der Waals surface area contributed by atoms with E-state index in [1.807, 2.05) is 0 Å². The zero-order chi connectivity index (χ0) is 17.7. The molecular weight excluding hydrogens is 314 g/mol. The van der Waals surface area contributed by atoms with Crippen molar-refractivity contribution in [3.63, 3.8) is 0 Å². The van der Waals surface area contributed by atoms with Gasteiger partial charge in [0.25, 0.3) is 17.7 Å². The highest BCUT2D eigenvalue weighted by molar-refractivity contribution is 5.86. The lowest BCUT2D eigenvalue weighted by atomic mass is 10.0. The topological polar surface area (TPSA) is 90.9 Å². The Kier molecular flexibility index (Phi) is 5.58. The fourth-order valence-corrected chi connectivity index (χ4v) is 2.69. The van der Waals surface area contributed by atoms with Gasteiger partial charge in [0.1, 0.15) is 6.10 Å². The molecule has 1 atom stereocenters. The lowest BCUT2D eigenvalue weighted by molar-refractivity contribution is -0.169. The second-order valence-corrected chi connectivity index (χ2v) is 6.11. The molecule has 1 saturated heterocycles. The molecule has 8 nitrogen and oxygen atoms in total. The fourth-order valence-electron chi connectivity index (χ4n) is 2.69. The third-order valence-corrected chi connectivity index (χ3v) is 3.68. The maximum absolute atomic E-state index is 12.6. The third kappa shape index (κ3) is 4.33. The molecule has 0 spiro atoms. The number of carbonyl (C=O) groups is 2. The van der Waals surface area contributed by atoms with E-state index in [2.05, 4.69) is 9.97 Å². The van der Waals surface area contributed by atoms with Gasteiger partial charge in [-0.25, -0.2) is 9.97 Å². The van der Waals surface area contributed by atoms with Crippen LogP contribution in [0.4, 0.5) is 0 Å². The summed E-state index contributed by atoms with van der Waals surface area (Å²) in [7, 11) is 1.50. The van der Waals surface area contributed by atoms with Crippen LogP contribution in [0.2, 0.25) is 0 Å². The minimum Gasteiger partial charge on any atom is -0.477 e. The SMILES string of the molecule is COc1nccnc1OC1CCCN(C(=O)C(C)(C)OC(C)=O)C1. The summed E-state index contributed by atoms with van der Waals surface area (Å²) in [5.74, 6) is -0.112. The number of carbonyl (C=O) groups excluding carboxylic acids is 2. The predicted octanol–water partition coefficient (Wildman–Crippen LogP) is 1.20. The number of ether oxygens (including phenoxy) is 3. The van der Waals surface area contributed by atoms with Crippen molar-refractivity contribution in [3.05, 3.63) is 12.4 Å². The summed E-state index contributed by atoms with van der Waals surface area (Å²) >= 11 is 0. The fraction of sp³-hybridized carbons (Fsp3) is 0.625. The average Bonchev–Trinajstić information content (AvgIpc) is 2.53. The van der Waals surface area contributed by atoms with Gasteiger partial charge in [-0.05, 0) is 26.7 Å².